The van der Waals surface area contributed by atoms with Crippen LogP contribution < -0.4 is 0 Å². The van der Waals surface area contributed by atoms with Crippen molar-refractivity contribution in [1.29, 1.82) is 0 Å². The zero-order valence-electron chi connectivity index (χ0n) is 12.0. The Kier molecular flexibility index (Phi) is 5.39. The monoisotopic (exact) mass is 279 g/mol. The first-order chi connectivity index (χ1) is 9.69. The first-order valence-electron chi connectivity index (χ1n) is 7.39. The number of rotatable bonds is 7. The van der Waals surface area contributed by atoms with E-state index in [4.69, 9.17) is 4.74 Å². The molecule has 1 aromatic rings. The number of ether oxygens (including phenoxy) is 1. The highest BCUT2D eigenvalue weighted by Gasteiger charge is 2.30. The van der Waals surface area contributed by atoms with E-state index in [0.29, 0.717) is 13.1 Å². The smallest absolute Gasteiger partial charge is 0.410 e. The predicted molar refractivity (Wildman–Crippen MR) is 75.8 cm³/mol. The third-order valence-electron chi connectivity index (χ3n) is 3.59. The number of cyclic esters (lactones) is 1. The molecular weight excluding hydrogens is 257 g/mol. The van der Waals surface area contributed by atoms with E-state index in [0.717, 1.165) is 18.4 Å². The molecule has 0 saturated carbocycles. The van der Waals surface area contributed by atoms with Crippen LogP contribution in [-0.4, -0.2) is 23.6 Å². The lowest BCUT2D eigenvalue weighted by Crippen LogP contribution is -2.24. The highest BCUT2D eigenvalue weighted by atomic mass is 19.1. The van der Waals surface area contributed by atoms with E-state index in [1.165, 1.54) is 31.4 Å². The average Bonchev–Trinajstić information content (AvgIpc) is 2.75. The largest absolute Gasteiger partial charge is 0.444 e. The lowest BCUT2D eigenvalue weighted by Gasteiger charge is -2.12. The van der Waals surface area contributed by atoms with E-state index < -0.39 is 0 Å². The van der Waals surface area contributed by atoms with Gasteiger partial charge in [-0.15, -0.1) is 0 Å². The molecule has 1 unspecified atom stereocenters. The summed E-state index contributed by atoms with van der Waals surface area (Å²) in [6.07, 6.45) is 5.35. The van der Waals surface area contributed by atoms with Crippen molar-refractivity contribution in [2.75, 3.05) is 6.54 Å². The molecule has 0 aromatic heterocycles. The molecule has 1 saturated heterocycles. The molecule has 2 rings (SSSR count). The van der Waals surface area contributed by atoms with Gasteiger partial charge >= 0.3 is 6.09 Å². The number of halogens is 1. The lowest BCUT2D eigenvalue weighted by atomic mass is 10.1. The molecule has 0 spiro atoms. The zero-order chi connectivity index (χ0) is 14.4. The van der Waals surface area contributed by atoms with Gasteiger partial charge in [0.05, 0.1) is 6.54 Å². The average molecular weight is 279 g/mol. The predicted octanol–water partition coefficient (Wildman–Crippen LogP) is 4.12. The van der Waals surface area contributed by atoms with Gasteiger partial charge < -0.3 is 9.64 Å². The number of benzene rings is 1. The molecule has 1 aliphatic rings. The third-order valence-corrected chi connectivity index (χ3v) is 3.59. The summed E-state index contributed by atoms with van der Waals surface area (Å²) in [5, 5.41) is 0. The fourth-order valence-corrected chi connectivity index (χ4v) is 2.51. The molecule has 0 radical (unpaired) electrons. The van der Waals surface area contributed by atoms with Crippen LogP contribution in [0.4, 0.5) is 9.18 Å². The van der Waals surface area contributed by atoms with Crippen molar-refractivity contribution in [2.45, 2.75) is 51.7 Å². The molecule has 20 heavy (non-hydrogen) atoms. The number of amides is 1. The van der Waals surface area contributed by atoms with Crippen molar-refractivity contribution in [3.8, 4) is 0 Å². The van der Waals surface area contributed by atoms with Crippen LogP contribution >= 0.6 is 0 Å². The second kappa shape index (κ2) is 7.27. The Morgan fingerprint density at radius 3 is 2.95 bits per heavy atom. The number of nitrogens with zero attached hydrogens (tertiary/aromatic N) is 1. The summed E-state index contributed by atoms with van der Waals surface area (Å²) in [6, 6.07) is 6.35. The molecule has 1 heterocycles. The number of carbonyl (C=O) groups excluding carboxylic acids is 1. The highest BCUT2D eigenvalue weighted by molar-refractivity contribution is 5.69. The second-order valence-corrected chi connectivity index (χ2v) is 5.37. The van der Waals surface area contributed by atoms with Crippen LogP contribution in [0, 0.1) is 5.82 Å². The normalized spacial score (nSPS) is 18.4. The van der Waals surface area contributed by atoms with E-state index in [1.54, 1.807) is 11.0 Å². The minimum Gasteiger partial charge on any atom is -0.444 e. The van der Waals surface area contributed by atoms with Gasteiger partial charge in [0.25, 0.3) is 0 Å². The molecule has 1 fully saturated rings. The molecule has 0 N–H and O–H groups in total. The summed E-state index contributed by atoms with van der Waals surface area (Å²) in [5.41, 5.74) is 0.800. The minimum atomic E-state index is -0.283. The molecule has 0 aliphatic carbocycles. The topological polar surface area (TPSA) is 29.5 Å². The SMILES string of the molecule is CCCCCCC1CN(Cc2cccc(F)c2)C(=O)O1. The molecule has 1 aromatic carbocycles. The van der Waals surface area contributed by atoms with Crippen molar-refractivity contribution >= 4 is 6.09 Å². The van der Waals surface area contributed by atoms with Gasteiger partial charge in [-0.05, 0) is 30.5 Å². The quantitative estimate of drug-likeness (QED) is 0.703. The van der Waals surface area contributed by atoms with E-state index in [9.17, 15) is 9.18 Å². The Hall–Kier alpha value is -1.58. The van der Waals surface area contributed by atoms with Gasteiger partial charge in [0.15, 0.2) is 0 Å². The van der Waals surface area contributed by atoms with Gasteiger partial charge in [-0.3, -0.25) is 0 Å². The number of hydrogen-bond donors (Lipinski definition) is 0. The van der Waals surface area contributed by atoms with Gasteiger partial charge in [0.1, 0.15) is 11.9 Å². The summed E-state index contributed by atoms with van der Waals surface area (Å²) < 4.78 is 18.5. The Labute approximate surface area is 119 Å². The second-order valence-electron chi connectivity index (χ2n) is 5.37. The maximum Gasteiger partial charge on any atom is 0.410 e. The summed E-state index contributed by atoms with van der Waals surface area (Å²) in [5.74, 6) is -0.272. The Bertz CT molecular complexity index is 450. The third kappa shape index (κ3) is 4.22. The molecule has 110 valence electrons. The van der Waals surface area contributed by atoms with E-state index in [-0.39, 0.29) is 18.0 Å². The lowest BCUT2D eigenvalue weighted by molar-refractivity contribution is 0.127. The van der Waals surface area contributed by atoms with Crippen LogP contribution in [0.3, 0.4) is 0 Å². The molecule has 1 amide bonds. The summed E-state index contributed by atoms with van der Waals surface area (Å²) in [4.78, 5) is 13.4. The Morgan fingerprint density at radius 2 is 2.20 bits per heavy atom. The molecule has 4 heteroatoms. The van der Waals surface area contributed by atoms with Gasteiger partial charge in [-0.2, -0.15) is 0 Å². The fraction of sp³-hybridized carbons (Fsp3) is 0.562. The minimum absolute atomic E-state index is 0.00656. The van der Waals surface area contributed by atoms with Gasteiger partial charge in [-0.1, -0.05) is 38.3 Å². The Balaban J connectivity index is 1.80. The van der Waals surface area contributed by atoms with Crippen LogP contribution in [-0.2, 0) is 11.3 Å². The fourth-order valence-electron chi connectivity index (χ4n) is 2.51. The zero-order valence-corrected chi connectivity index (χ0v) is 12.0. The van der Waals surface area contributed by atoms with Crippen molar-refractivity contribution in [2.24, 2.45) is 0 Å². The summed E-state index contributed by atoms with van der Waals surface area (Å²) in [6.45, 7) is 3.21. The van der Waals surface area contributed by atoms with Crippen LogP contribution in [0.25, 0.3) is 0 Å². The molecule has 1 atom stereocenters. The first-order valence-corrected chi connectivity index (χ1v) is 7.39. The van der Waals surface area contributed by atoms with E-state index in [2.05, 4.69) is 6.92 Å². The van der Waals surface area contributed by atoms with E-state index >= 15 is 0 Å². The standard InChI is InChI=1S/C16H22FNO2/c1-2-3-4-5-9-15-12-18(16(19)20-15)11-13-7-6-8-14(17)10-13/h6-8,10,15H,2-5,9,11-12H2,1H3. The van der Waals surface area contributed by atoms with Crippen molar-refractivity contribution in [3.05, 3.63) is 35.6 Å². The van der Waals surface area contributed by atoms with Crippen LogP contribution in [0.5, 0.6) is 0 Å². The molecule has 0 bridgehead atoms. The number of carbonyl (C=O) groups is 1. The van der Waals surface area contributed by atoms with Crippen molar-refractivity contribution in [3.63, 3.8) is 0 Å². The summed E-state index contributed by atoms with van der Waals surface area (Å²) >= 11 is 0. The maximum absolute atomic E-state index is 13.1. The van der Waals surface area contributed by atoms with Crippen LogP contribution in [0.15, 0.2) is 24.3 Å². The van der Waals surface area contributed by atoms with Gasteiger partial charge in [-0.25, -0.2) is 9.18 Å². The van der Waals surface area contributed by atoms with Crippen LogP contribution in [0.2, 0.25) is 0 Å². The van der Waals surface area contributed by atoms with E-state index in [1.807, 2.05) is 6.07 Å². The molecule has 1 aliphatic heterocycles. The van der Waals surface area contributed by atoms with Gasteiger partial charge in [0.2, 0.25) is 0 Å². The maximum atomic E-state index is 13.1. The number of unbranched alkanes of at least 4 members (excludes halogenated alkanes) is 3. The highest BCUT2D eigenvalue weighted by Crippen LogP contribution is 2.19. The summed E-state index contributed by atoms with van der Waals surface area (Å²) in [7, 11) is 0. The van der Waals surface area contributed by atoms with Crippen LogP contribution in [0.1, 0.15) is 44.6 Å². The first kappa shape index (κ1) is 14.8. The molecular formula is C16H22FNO2. The van der Waals surface area contributed by atoms with Gasteiger partial charge in [0, 0.05) is 6.54 Å². The molecule has 3 nitrogen and oxygen atoms in total. The Morgan fingerprint density at radius 1 is 1.35 bits per heavy atom. The number of hydrogen-bond acceptors (Lipinski definition) is 2. The van der Waals surface area contributed by atoms with Crippen molar-refractivity contribution in [1.82, 2.24) is 4.90 Å². The van der Waals surface area contributed by atoms with Crippen molar-refractivity contribution < 1.29 is 13.9 Å².